The van der Waals surface area contributed by atoms with Crippen LogP contribution >= 0.6 is 0 Å². The van der Waals surface area contributed by atoms with Crippen LogP contribution in [-0.4, -0.2) is 25.0 Å². The second kappa shape index (κ2) is 6.01. The quantitative estimate of drug-likeness (QED) is 0.847. The molecule has 1 fully saturated rings. The Morgan fingerprint density at radius 2 is 2.11 bits per heavy atom. The van der Waals surface area contributed by atoms with Gasteiger partial charge in [-0.25, -0.2) is 0 Å². The van der Waals surface area contributed by atoms with Gasteiger partial charge in [0.25, 0.3) is 0 Å². The maximum Gasteiger partial charge on any atom is 0.224 e. The molecule has 0 spiro atoms. The normalized spacial score (nSPS) is 24.8. The summed E-state index contributed by atoms with van der Waals surface area (Å²) in [5.41, 5.74) is 1.27. The summed E-state index contributed by atoms with van der Waals surface area (Å²) in [5.74, 6) is 0.757. The van der Waals surface area contributed by atoms with E-state index in [0.717, 1.165) is 19.5 Å². The summed E-state index contributed by atoms with van der Waals surface area (Å²) in [6.07, 6.45) is 0.890. The van der Waals surface area contributed by atoms with E-state index in [0.29, 0.717) is 5.92 Å². The van der Waals surface area contributed by atoms with Gasteiger partial charge in [0.2, 0.25) is 5.91 Å². The zero-order chi connectivity index (χ0) is 13.0. The topological polar surface area (TPSA) is 41.1 Å². The molecule has 0 aliphatic carbocycles. The third-order valence-electron chi connectivity index (χ3n) is 3.63. The van der Waals surface area contributed by atoms with Crippen molar-refractivity contribution >= 4 is 5.91 Å². The number of carbonyl (C=O) groups is 1. The van der Waals surface area contributed by atoms with Gasteiger partial charge in [0, 0.05) is 12.6 Å². The van der Waals surface area contributed by atoms with E-state index in [2.05, 4.69) is 36.6 Å². The average Bonchev–Trinajstić information content (AvgIpc) is 2.76. The minimum absolute atomic E-state index is 0.128. The summed E-state index contributed by atoms with van der Waals surface area (Å²) in [6.45, 7) is 5.96. The molecule has 3 unspecified atom stereocenters. The van der Waals surface area contributed by atoms with E-state index in [1.807, 2.05) is 18.2 Å². The first-order valence-electron chi connectivity index (χ1n) is 6.72. The van der Waals surface area contributed by atoms with Crippen molar-refractivity contribution in [1.82, 2.24) is 10.6 Å². The van der Waals surface area contributed by atoms with Gasteiger partial charge in [-0.2, -0.15) is 0 Å². The smallest absolute Gasteiger partial charge is 0.224 e. The molecule has 1 saturated heterocycles. The van der Waals surface area contributed by atoms with Gasteiger partial charge in [0.1, 0.15) is 0 Å². The molecule has 2 N–H and O–H groups in total. The average molecular weight is 246 g/mol. The highest BCUT2D eigenvalue weighted by molar-refractivity contribution is 5.79. The Kier molecular flexibility index (Phi) is 4.37. The summed E-state index contributed by atoms with van der Waals surface area (Å²) in [4.78, 5) is 12.1. The molecule has 3 atom stereocenters. The molecule has 2 rings (SSSR count). The molecule has 1 heterocycles. The fourth-order valence-electron chi connectivity index (χ4n) is 2.53. The van der Waals surface area contributed by atoms with Gasteiger partial charge < -0.3 is 10.6 Å². The Bertz CT molecular complexity index is 391. The van der Waals surface area contributed by atoms with Crippen LogP contribution in [0.4, 0.5) is 0 Å². The lowest BCUT2D eigenvalue weighted by Crippen LogP contribution is -2.40. The molecule has 1 aromatic rings. The standard InChI is InChI=1S/C15H22N2O/c1-11-9-16-10-14(11)15(18)17-12(2)8-13-6-4-3-5-7-13/h3-7,11-12,14,16H,8-10H2,1-2H3,(H,17,18). The van der Waals surface area contributed by atoms with E-state index in [1.165, 1.54) is 5.56 Å². The summed E-state index contributed by atoms with van der Waals surface area (Å²) in [5, 5.41) is 6.39. The highest BCUT2D eigenvalue weighted by Crippen LogP contribution is 2.16. The van der Waals surface area contributed by atoms with Gasteiger partial charge in [-0.3, -0.25) is 4.79 Å². The predicted octanol–water partition coefficient (Wildman–Crippen LogP) is 1.59. The molecular formula is C15H22N2O. The first kappa shape index (κ1) is 13.1. The number of hydrogen-bond acceptors (Lipinski definition) is 2. The number of rotatable bonds is 4. The molecule has 0 aromatic heterocycles. The Morgan fingerprint density at radius 1 is 1.39 bits per heavy atom. The van der Waals surface area contributed by atoms with Crippen LogP contribution in [0.2, 0.25) is 0 Å². The Balaban J connectivity index is 1.84. The minimum Gasteiger partial charge on any atom is -0.353 e. The SMILES string of the molecule is CC(Cc1ccccc1)NC(=O)C1CNCC1C. The van der Waals surface area contributed by atoms with Crippen molar-refractivity contribution in [2.75, 3.05) is 13.1 Å². The van der Waals surface area contributed by atoms with Crippen LogP contribution < -0.4 is 10.6 Å². The second-order valence-corrected chi connectivity index (χ2v) is 5.34. The van der Waals surface area contributed by atoms with Gasteiger partial charge in [0.15, 0.2) is 0 Å². The number of benzene rings is 1. The molecular weight excluding hydrogens is 224 g/mol. The van der Waals surface area contributed by atoms with Crippen LogP contribution in [0, 0.1) is 11.8 Å². The number of hydrogen-bond donors (Lipinski definition) is 2. The van der Waals surface area contributed by atoms with Crippen molar-refractivity contribution in [2.24, 2.45) is 11.8 Å². The van der Waals surface area contributed by atoms with Crippen LogP contribution in [0.15, 0.2) is 30.3 Å². The van der Waals surface area contributed by atoms with Crippen molar-refractivity contribution in [3.8, 4) is 0 Å². The fraction of sp³-hybridized carbons (Fsp3) is 0.533. The summed E-state index contributed by atoms with van der Waals surface area (Å²) in [6, 6.07) is 10.5. The lowest BCUT2D eigenvalue weighted by atomic mass is 9.96. The zero-order valence-electron chi connectivity index (χ0n) is 11.1. The first-order valence-corrected chi connectivity index (χ1v) is 6.72. The van der Waals surface area contributed by atoms with Crippen molar-refractivity contribution in [1.29, 1.82) is 0 Å². The molecule has 3 nitrogen and oxygen atoms in total. The maximum absolute atomic E-state index is 12.1. The Morgan fingerprint density at radius 3 is 2.72 bits per heavy atom. The zero-order valence-corrected chi connectivity index (χ0v) is 11.1. The van der Waals surface area contributed by atoms with Crippen molar-refractivity contribution in [3.63, 3.8) is 0 Å². The van der Waals surface area contributed by atoms with Gasteiger partial charge >= 0.3 is 0 Å². The predicted molar refractivity (Wildman–Crippen MR) is 73.3 cm³/mol. The number of nitrogens with one attached hydrogen (secondary N) is 2. The Hall–Kier alpha value is -1.35. The molecule has 0 saturated carbocycles. The van der Waals surface area contributed by atoms with E-state index >= 15 is 0 Å². The molecule has 0 radical (unpaired) electrons. The fourth-order valence-corrected chi connectivity index (χ4v) is 2.53. The summed E-state index contributed by atoms with van der Waals surface area (Å²) < 4.78 is 0. The van der Waals surface area contributed by atoms with Crippen LogP contribution in [-0.2, 0) is 11.2 Å². The molecule has 1 aliphatic heterocycles. The molecule has 18 heavy (non-hydrogen) atoms. The van der Waals surface area contributed by atoms with Crippen LogP contribution in [0.5, 0.6) is 0 Å². The first-order chi connectivity index (χ1) is 8.66. The van der Waals surface area contributed by atoms with Crippen molar-refractivity contribution in [2.45, 2.75) is 26.3 Å². The molecule has 98 valence electrons. The lowest BCUT2D eigenvalue weighted by Gasteiger charge is -2.19. The van der Waals surface area contributed by atoms with Crippen molar-refractivity contribution < 1.29 is 4.79 Å². The summed E-state index contributed by atoms with van der Waals surface area (Å²) in [7, 11) is 0. The third-order valence-corrected chi connectivity index (χ3v) is 3.63. The molecule has 1 amide bonds. The molecule has 1 aromatic carbocycles. The highest BCUT2D eigenvalue weighted by atomic mass is 16.2. The van der Waals surface area contributed by atoms with E-state index in [9.17, 15) is 4.79 Å². The number of carbonyl (C=O) groups excluding carboxylic acids is 1. The van der Waals surface area contributed by atoms with E-state index in [-0.39, 0.29) is 17.9 Å². The van der Waals surface area contributed by atoms with E-state index < -0.39 is 0 Å². The van der Waals surface area contributed by atoms with E-state index in [4.69, 9.17) is 0 Å². The van der Waals surface area contributed by atoms with E-state index in [1.54, 1.807) is 0 Å². The number of amides is 1. The van der Waals surface area contributed by atoms with Crippen LogP contribution in [0.1, 0.15) is 19.4 Å². The molecule has 0 bridgehead atoms. The molecule has 1 aliphatic rings. The van der Waals surface area contributed by atoms with Crippen LogP contribution in [0.25, 0.3) is 0 Å². The second-order valence-electron chi connectivity index (χ2n) is 5.34. The van der Waals surface area contributed by atoms with Gasteiger partial charge in [0.05, 0.1) is 5.92 Å². The monoisotopic (exact) mass is 246 g/mol. The van der Waals surface area contributed by atoms with Crippen molar-refractivity contribution in [3.05, 3.63) is 35.9 Å². The molecule has 3 heteroatoms. The Labute approximate surface area is 109 Å². The summed E-state index contributed by atoms with van der Waals surface area (Å²) >= 11 is 0. The highest BCUT2D eigenvalue weighted by Gasteiger charge is 2.29. The largest absolute Gasteiger partial charge is 0.353 e. The minimum atomic E-state index is 0.128. The van der Waals surface area contributed by atoms with Gasteiger partial charge in [-0.15, -0.1) is 0 Å². The van der Waals surface area contributed by atoms with Gasteiger partial charge in [-0.05, 0) is 31.4 Å². The van der Waals surface area contributed by atoms with Crippen LogP contribution in [0.3, 0.4) is 0 Å². The third kappa shape index (κ3) is 3.33. The lowest BCUT2D eigenvalue weighted by molar-refractivity contribution is -0.126. The van der Waals surface area contributed by atoms with Gasteiger partial charge in [-0.1, -0.05) is 37.3 Å². The maximum atomic E-state index is 12.1.